The summed E-state index contributed by atoms with van der Waals surface area (Å²) in [4.78, 5) is 18.4. The molecule has 1 heterocycles. The molecule has 0 unspecified atom stereocenters. The molecule has 1 fully saturated rings. The lowest BCUT2D eigenvalue weighted by Crippen LogP contribution is -2.51. The summed E-state index contributed by atoms with van der Waals surface area (Å²) in [7, 11) is 4.19. The second-order valence-corrected chi connectivity index (χ2v) is 5.86. The van der Waals surface area contributed by atoms with E-state index in [0.29, 0.717) is 18.7 Å². The first-order valence-corrected chi connectivity index (χ1v) is 7.16. The minimum atomic E-state index is 0.0235. The van der Waals surface area contributed by atoms with Gasteiger partial charge in [0.15, 0.2) is 0 Å². The second-order valence-electron chi connectivity index (χ2n) is 5.86. The maximum Gasteiger partial charge on any atom is 0.226 e. The number of rotatable bonds is 5. The van der Waals surface area contributed by atoms with Crippen LogP contribution < -0.4 is 11.1 Å². The van der Waals surface area contributed by atoms with E-state index in [1.165, 1.54) is 12.8 Å². The van der Waals surface area contributed by atoms with Crippen molar-refractivity contribution < 1.29 is 4.79 Å². The molecule has 0 saturated heterocycles. The highest BCUT2D eigenvalue weighted by Crippen LogP contribution is 2.33. The number of nitrogen functional groups attached to an aromatic ring is 1. The lowest BCUT2D eigenvalue weighted by atomic mass is 9.96. The molecule has 0 atom stereocenters. The van der Waals surface area contributed by atoms with Gasteiger partial charge >= 0.3 is 0 Å². The van der Waals surface area contributed by atoms with E-state index in [2.05, 4.69) is 29.3 Å². The number of hydrogen-bond acceptors (Lipinski definition) is 4. The van der Waals surface area contributed by atoms with E-state index in [0.717, 1.165) is 18.5 Å². The van der Waals surface area contributed by atoms with Crippen LogP contribution in [0.4, 0.5) is 5.69 Å². The van der Waals surface area contributed by atoms with Crippen molar-refractivity contribution in [2.24, 2.45) is 0 Å². The summed E-state index contributed by atoms with van der Waals surface area (Å²) in [6.07, 6.45) is 6.69. The van der Waals surface area contributed by atoms with Crippen molar-refractivity contribution in [2.45, 2.75) is 37.6 Å². The zero-order chi connectivity index (χ0) is 14.6. The largest absolute Gasteiger partial charge is 0.397 e. The average Bonchev–Trinajstić information content (AvgIpc) is 2.89. The van der Waals surface area contributed by atoms with Gasteiger partial charge in [0.25, 0.3) is 0 Å². The third-order valence-electron chi connectivity index (χ3n) is 4.29. The Hall–Kier alpha value is -1.62. The van der Waals surface area contributed by atoms with Crippen molar-refractivity contribution in [3.05, 3.63) is 24.0 Å². The van der Waals surface area contributed by atoms with Crippen molar-refractivity contribution in [3.63, 3.8) is 0 Å². The van der Waals surface area contributed by atoms with E-state index < -0.39 is 0 Å². The summed E-state index contributed by atoms with van der Waals surface area (Å²) in [5.41, 5.74) is 7.08. The van der Waals surface area contributed by atoms with E-state index in [4.69, 9.17) is 5.73 Å². The van der Waals surface area contributed by atoms with E-state index in [-0.39, 0.29) is 11.4 Å². The van der Waals surface area contributed by atoms with Crippen molar-refractivity contribution in [1.29, 1.82) is 0 Å². The summed E-state index contributed by atoms with van der Waals surface area (Å²) >= 11 is 0. The van der Waals surface area contributed by atoms with Crippen LogP contribution in [0.3, 0.4) is 0 Å². The fourth-order valence-electron chi connectivity index (χ4n) is 2.85. The van der Waals surface area contributed by atoms with E-state index in [1.54, 1.807) is 18.3 Å². The van der Waals surface area contributed by atoms with Gasteiger partial charge in [-0.2, -0.15) is 0 Å². The SMILES string of the molecule is CN(C)C1(CNC(=O)Cc2ccc(N)cn2)CCCC1. The summed E-state index contributed by atoms with van der Waals surface area (Å²) in [5, 5.41) is 3.06. The number of amides is 1. The average molecular weight is 276 g/mol. The van der Waals surface area contributed by atoms with Crippen LogP contribution >= 0.6 is 0 Å². The molecule has 0 aliphatic heterocycles. The standard InChI is InChI=1S/C15H24N4O/c1-19(2)15(7-3-4-8-15)11-18-14(20)9-13-6-5-12(16)10-17-13/h5-6,10H,3-4,7-9,11,16H2,1-2H3,(H,18,20). The first-order chi connectivity index (χ1) is 9.52. The monoisotopic (exact) mass is 276 g/mol. The fraction of sp³-hybridized carbons (Fsp3) is 0.600. The predicted molar refractivity (Wildman–Crippen MR) is 80.2 cm³/mol. The molecule has 3 N–H and O–H groups in total. The van der Waals surface area contributed by atoms with Crippen LogP contribution in [0.2, 0.25) is 0 Å². The zero-order valence-electron chi connectivity index (χ0n) is 12.4. The minimum Gasteiger partial charge on any atom is -0.397 e. The molecule has 1 amide bonds. The topological polar surface area (TPSA) is 71.2 Å². The third kappa shape index (κ3) is 3.48. The Balaban J connectivity index is 1.87. The lowest BCUT2D eigenvalue weighted by molar-refractivity contribution is -0.121. The van der Waals surface area contributed by atoms with E-state index in [9.17, 15) is 4.79 Å². The number of hydrogen-bond donors (Lipinski definition) is 2. The number of aromatic nitrogens is 1. The molecule has 5 heteroatoms. The molecule has 1 saturated carbocycles. The van der Waals surface area contributed by atoms with Crippen molar-refractivity contribution >= 4 is 11.6 Å². The first kappa shape index (κ1) is 14.8. The van der Waals surface area contributed by atoms with Gasteiger partial charge in [-0.1, -0.05) is 12.8 Å². The second kappa shape index (κ2) is 6.22. The Morgan fingerprint density at radius 2 is 2.10 bits per heavy atom. The molecular formula is C15H24N4O. The van der Waals surface area contributed by atoms with Gasteiger partial charge in [0.1, 0.15) is 0 Å². The Labute approximate surface area is 120 Å². The maximum absolute atomic E-state index is 12.0. The van der Waals surface area contributed by atoms with Crippen LogP contribution in [0, 0.1) is 0 Å². The Bertz CT molecular complexity index is 449. The highest BCUT2D eigenvalue weighted by atomic mass is 16.1. The molecule has 0 spiro atoms. The molecule has 2 rings (SSSR count). The quantitative estimate of drug-likeness (QED) is 0.847. The van der Waals surface area contributed by atoms with Crippen LogP contribution in [0.15, 0.2) is 18.3 Å². The predicted octanol–water partition coefficient (Wildman–Crippen LogP) is 1.20. The van der Waals surface area contributed by atoms with Crippen LogP contribution in [0.1, 0.15) is 31.4 Å². The highest BCUT2D eigenvalue weighted by Gasteiger charge is 2.36. The fourth-order valence-corrected chi connectivity index (χ4v) is 2.85. The number of anilines is 1. The Morgan fingerprint density at radius 1 is 1.40 bits per heavy atom. The zero-order valence-corrected chi connectivity index (χ0v) is 12.4. The molecule has 110 valence electrons. The summed E-state index contributed by atoms with van der Waals surface area (Å²) in [6.45, 7) is 0.716. The molecule has 20 heavy (non-hydrogen) atoms. The van der Waals surface area contributed by atoms with Crippen LogP contribution in [-0.2, 0) is 11.2 Å². The minimum absolute atomic E-state index is 0.0235. The summed E-state index contributed by atoms with van der Waals surface area (Å²) in [5.74, 6) is 0.0235. The number of nitrogens with zero attached hydrogens (tertiary/aromatic N) is 2. The number of likely N-dealkylation sites (N-methyl/N-ethyl adjacent to an activating group) is 1. The number of pyridine rings is 1. The molecule has 1 aliphatic carbocycles. The molecule has 0 bridgehead atoms. The molecule has 1 aromatic rings. The van der Waals surface area contributed by atoms with Gasteiger partial charge in [0, 0.05) is 17.8 Å². The number of carbonyl (C=O) groups excluding carboxylic acids is 1. The smallest absolute Gasteiger partial charge is 0.226 e. The molecular weight excluding hydrogens is 252 g/mol. The molecule has 1 aromatic heterocycles. The van der Waals surface area contributed by atoms with Crippen molar-refractivity contribution in [2.75, 3.05) is 26.4 Å². The van der Waals surface area contributed by atoms with E-state index >= 15 is 0 Å². The van der Waals surface area contributed by atoms with Gasteiger partial charge < -0.3 is 16.0 Å². The molecule has 0 aromatic carbocycles. The lowest BCUT2D eigenvalue weighted by Gasteiger charge is -2.36. The van der Waals surface area contributed by atoms with Crippen molar-refractivity contribution in [1.82, 2.24) is 15.2 Å². The number of carbonyl (C=O) groups is 1. The Kier molecular flexibility index (Phi) is 4.60. The third-order valence-corrected chi connectivity index (χ3v) is 4.29. The van der Waals surface area contributed by atoms with Gasteiger partial charge in [0.2, 0.25) is 5.91 Å². The van der Waals surface area contributed by atoms with Gasteiger partial charge in [0.05, 0.1) is 18.3 Å². The normalized spacial score (nSPS) is 17.4. The summed E-state index contributed by atoms with van der Waals surface area (Å²) < 4.78 is 0. The van der Waals surface area contributed by atoms with Crippen molar-refractivity contribution in [3.8, 4) is 0 Å². The summed E-state index contributed by atoms with van der Waals surface area (Å²) in [6, 6.07) is 3.57. The molecule has 5 nitrogen and oxygen atoms in total. The highest BCUT2D eigenvalue weighted by molar-refractivity contribution is 5.78. The first-order valence-electron chi connectivity index (χ1n) is 7.16. The van der Waals surface area contributed by atoms with Gasteiger partial charge in [-0.05, 0) is 39.1 Å². The van der Waals surface area contributed by atoms with Crippen LogP contribution in [-0.4, -0.2) is 42.0 Å². The maximum atomic E-state index is 12.0. The van der Waals surface area contributed by atoms with Crippen LogP contribution in [0.25, 0.3) is 0 Å². The van der Waals surface area contributed by atoms with Gasteiger partial charge in [-0.3, -0.25) is 9.78 Å². The van der Waals surface area contributed by atoms with Gasteiger partial charge in [-0.15, -0.1) is 0 Å². The molecule has 1 aliphatic rings. The number of nitrogens with one attached hydrogen (secondary N) is 1. The van der Waals surface area contributed by atoms with E-state index in [1.807, 2.05) is 0 Å². The van der Waals surface area contributed by atoms with Crippen LogP contribution in [0.5, 0.6) is 0 Å². The number of nitrogens with two attached hydrogens (primary N) is 1. The Morgan fingerprint density at radius 3 is 2.65 bits per heavy atom. The van der Waals surface area contributed by atoms with Gasteiger partial charge in [-0.25, -0.2) is 0 Å². The molecule has 0 radical (unpaired) electrons.